The first-order valence-corrected chi connectivity index (χ1v) is 10.2. The third-order valence-corrected chi connectivity index (χ3v) is 5.36. The lowest BCUT2D eigenvalue weighted by Gasteiger charge is -2.12. The molecule has 2 nitrogen and oxygen atoms in total. The fourth-order valence-electron chi connectivity index (χ4n) is 2.70. The second-order valence-electron chi connectivity index (χ2n) is 6.40. The molecule has 0 aliphatic heterocycles. The van der Waals surface area contributed by atoms with Crippen molar-refractivity contribution in [3.05, 3.63) is 99.0 Å². The van der Waals surface area contributed by atoms with Crippen molar-refractivity contribution in [3.8, 4) is 5.75 Å². The van der Waals surface area contributed by atoms with Gasteiger partial charge in [-0.1, -0.05) is 84.8 Å². The highest BCUT2D eigenvalue weighted by Crippen LogP contribution is 2.23. The van der Waals surface area contributed by atoms with Gasteiger partial charge in [0.05, 0.1) is 0 Å². The molecule has 28 heavy (non-hydrogen) atoms. The van der Waals surface area contributed by atoms with Crippen LogP contribution in [0, 0.1) is 0 Å². The quantitative estimate of drug-likeness (QED) is 0.427. The molecule has 5 heteroatoms. The number of nitrogens with one attached hydrogen (secondary N) is 1. The smallest absolute Gasteiger partial charge is 0.120 e. The Morgan fingerprint density at radius 3 is 2.43 bits per heavy atom. The molecule has 0 amide bonds. The van der Waals surface area contributed by atoms with Crippen molar-refractivity contribution >= 4 is 40.4 Å². The number of hydrogen-bond donors (Lipinski definition) is 1. The first kappa shape index (κ1) is 20.7. The normalized spacial score (nSPS) is 10.5. The molecule has 0 spiro atoms. The van der Waals surface area contributed by atoms with Crippen LogP contribution in [0.5, 0.6) is 5.75 Å². The molecule has 3 aromatic carbocycles. The second kappa shape index (κ2) is 9.92. The van der Waals surface area contributed by atoms with E-state index in [1.54, 1.807) is 12.1 Å². The van der Waals surface area contributed by atoms with E-state index in [0.29, 0.717) is 28.2 Å². The van der Waals surface area contributed by atoms with Crippen LogP contribution in [0.2, 0.25) is 10.0 Å². The summed E-state index contributed by atoms with van der Waals surface area (Å²) in [4.78, 5) is 0.689. The lowest BCUT2D eigenvalue weighted by atomic mass is 10.1. The molecule has 0 aromatic heterocycles. The van der Waals surface area contributed by atoms with E-state index in [9.17, 15) is 0 Å². The Bertz CT molecular complexity index is 957. The van der Waals surface area contributed by atoms with Crippen molar-refractivity contribution in [2.45, 2.75) is 26.5 Å². The van der Waals surface area contributed by atoms with Crippen molar-refractivity contribution in [2.24, 2.45) is 0 Å². The van der Waals surface area contributed by atoms with Crippen LogP contribution in [0.15, 0.2) is 66.7 Å². The number of aryl methyl sites for hydroxylation is 1. The van der Waals surface area contributed by atoms with Crippen molar-refractivity contribution in [1.82, 2.24) is 5.32 Å². The Morgan fingerprint density at radius 1 is 0.964 bits per heavy atom. The van der Waals surface area contributed by atoms with E-state index >= 15 is 0 Å². The van der Waals surface area contributed by atoms with E-state index in [0.717, 1.165) is 23.3 Å². The SMILES string of the molecule is CCc1ccc(CNC(=S)c2cccc(OCc3ccc(Cl)cc3Cl)c2)cc1. The summed E-state index contributed by atoms with van der Waals surface area (Å²) in [5.41, 5.74) is 4.33. The molecule has 3 aromatic rings. The van der Waals surface area contributed by atoms with Crippen LogP contribution in [-0.4, -0.2) is 4.99 Å². The zero-order valence-corrected chi connectivity index (χ0v) is 17.9. The van der Waals surface area contributed by atoms with E-state index in [2.05, 4.69) is 36.5 Å². The molecule has 0 saturated carbocycles. The molecular weight excluding hydrogens is 409 g/mol. The molecule has 0 saturated heterocycles. The molecule has 0 aliphatic carbocycles. The highest BCUT2D eigenvalue weighted by atomic mass is 35.5. The van der Waals surface area contributed by atoms with Crippen LogP contribution < -0.4 is 10.1 Å². The van der Waals surface area contributed by atoms with Gasteiger partial charge in [-0.2, -0.15) is 0 Å². The zero-order chi connectivity index (χ0) is 19.9. The van der Waals surface area contributed by atoms with E-state index in [4.69, 9.17) is 40.2 Å². The predicted octanol–water partition coefficient (Wildman–Crippen LogP) is 6.60. The van der Waals surface area contributed by atoms with Gasteiger partial charge in [-0.15, -0.1) is 0 Å². The van der Waals surface area contributed by atoms with Gasteiger partial charge in [0.15, 0.2) is 0 Å². The van der Waals surface area contributed by atoms with Crippen LogP contribution in [0.3, 0.4) is 0 Å². The number of rotatable bonds is 7. The Hall–Kier alpha value is -2.07. The first-order chi connectivity index (χ1) is 13.5. The van der Waals surface area contributed by atoms with Crippen molar-refractivity contribution < 1.29 is 4.74 Å². The fourth-order valence-corrected chi connectivity index (χ4v) is 3.37. The average molecular weight is 430 g/mol. The third-order valence-electron chi connectivity index (χ3n) is 4.39. The van der Waals surface area contributed by atoms with Crippen molar-refractivity contribution in [2.75, 3.05) is 0 Å². The van der Waals surface area contributed by atoms with Crippen LogP contribution in [-0.2, 0) is 19.6 Å². The molecule has 3 rings (SSSR count). The Kier molecular flexibility index (Phi) is 7.32. The predicted molar refractivity (Wildman–Crippen MR) is 122 cm³/mol. The third kappa shape index (κ3) is 5.71. The summed E-state index contributed by atoms with van der Waals surface area (Å²) >= 11 is 17.7. The van der Waals surface area contributed by atoms with Gasteiger partial charge in [-0.3, -0.25) is 0 Å². The number of benzene rings is 3. The lowest BCUT2D eigenvalue weighted by Crippen LogP contribution is -2.21. The molecule has 0 bridgehead atoms. The molecule has 144 valence electrons. The second-order valence-corrected chi connectivity index (χ2v) is 7.66. The zero-order valence-electron chi connectivity index (χ0n) is 15.5. The summed E-state index contributed by atoms with van der Waals surface area (Å²) < 4.78 is 5.88. The molecule has 0 atom stereocenters. The van der Waals surface area contributed by atoms with Gasteiger partial charge in [0, 0.05) is 27.7 Å². The maximum atomic E-state index is 6.20. The van der Waals surface area contributed by atoms with Gasteiger partial charge in [0.1, 0.15) is 17.3 Å². The number of thiocarbonyl (C=S) groups is 1. The Labute approximate surface area is 181 Å². The molecule has 1 N–H and O–H groups in total. The largest absolute Gasteiger partial charge is 0.489 e. The maximum absolute atomic E-state index is 6.20. The van der Waals surface area contributed by atoms with Crippen molar-refractivity contribution in [1.29, 1.82) is 0 Å². The van der Waals surface area contributed by atoms with Crippen molar-refractivity contribution in [3.63, 3.8) is 0 Å². The first-order valence-electron chi connectivity index (χ1n) is 9.08. The summed E-state index contributed by atoms with van der Waals surface area (Å²) in [6, 6.07) is 21.7. The van der Waals surface area contributed by atoms with Gasteiger partial charge < -0.3 is 10.1 Å². The van der Waals surface area contributed by atoms with E-state index in [1.165, 1.54) is 11.1 Å². The van der Waals surface area contributed by atoms with E-state index in [1.807, 2.05) is 30.3 Å². The summed E-state index contributed by atoms with van der Waals surface area (Å²) in [6.07, 6.45) is 1.04. The van der Waals surface area contributed by atoms with Crippen LogP contribution >= 0.6 is 35.4 Å². The molecule has 0 aliphatic rings. The minimum absolute atomic E-state index is 0.365. The molecule has 0 fully saturated rings. The molecule has 0 unspecified atom stereocenters. The van der Waals surface area contributed by atoms with Crippen LogP contribution in [0.4, 0.5) is 0 Å². The van der Waals surface area contributed by atoms with Crippen LogP contribution in [0.1, 0.15) is 29.2 Å². The Morgan fingerprint density at radius 2 is 1.71 bits per heavy atom. The number of halogens is 2. The minimum Gasteiger partial charge on any atom is -0.489 e. The Balaban J connectivity index is 1.59. The number of hydrogen-bond acceptors (Lipinski definition) is 2. The maximum Gasteiger partial charge on any atom is 0.120 e. The van der Waals surface area contributed by atoms with Gasteiger partial charge in [0.2, 0.25) is 0 Å². The molecule has 0 heterocycles. The van der Waals surface area contributed by atoms with Gasteiger partial charge in [-0.05, 0) is 41.8 Å². The van der Waals surface area contributed by atoms with Gasteiger partial charge in [0.25, 0.3) is 0 Å². The topological polar surface area (TPSA) is 21.3 Å². The highest BCUT2D eigenvalue weighted by molar-refractivity contribution is 7.80. The minimum atomic E-state index is 0.365. The van der Waals surface area contributed by atoms with Gasteiger partial charge in [-0.25, -0.2) is 0 Å². The van der Waals surface area contributed by atoms with E-state index < -0.39 is 0 Å². The monoisotopic (exact) mass is 429 g/mol. The molecular formula is C23H21Cl2NOS. The van der Waals surface area contributed by atoms with Crippen LogP contribution in [0.25, 0.3) is 0 Å². The summed E-state index contributed by atoms with van der Waals surface area (Å²) in [6.45, 7) is 3.20. The summed E-state index contributed by atoms with van der Waals surface area (Å²) in [5, 5.41) is 4.51. The fraction of sp³-hybridized carbons (Fsp3) is 0.174. The summed E-state index contributed by atoms with van der Waals surface area (Å²) in [7, 11) is 0. The molecule has 0 radical (unpaired) electrons. The lowest BCUT2D eigenvalue weighted by molar-refractivity contribution is 0.306. The highest BCUT2D eigenvalue weighted by Gasteiger charge is 2.06. The summed E-state index contributed by atoms with van der Waals surface area (Å²) in [5.74, 6) is 0.736. The standard InChI is InChI=1S/C23H21Cl2NOS/c1-2-16-6-8-17(9-7-16)14-26-23(28)18-4-3-5-21(12-18)27-15-19-10-11-20(24)13-22(19)25/h3-13H,2,14-15H2,1H3,(H,26,28). The number of ether oxygens (including phenoxy) is 1. The van der Waals surface area contributed by atoms with Gasteiger partial charge >= 0.3 is 0 Å². The van der Waals surface area contributed by atoms with E-state index in [-0.39, 0.29) is 0 Å². The average Bonchev–Trinajstić information content (AvgIpc) is 2.72.